The Kier molecular flexibility index (Phi) is 5.43. The summed E-state index contributed by atoms with van der Waals surface area (Å²) < 4.78 is 0. The number of aromatic amines is 1. The number of hydrogen-bond acceptors (Lipinski definition) is 5. The highest BCUT2D eigenvalue weighted by Crippen LogP contribution is 2.25. The number of imidazole rings is 1. The fourth-order valence-corrected chi connectivity index (χ4v) is 3.25. The van der Waals surface area contributed by atoms with Gasteiger partial charge >= 0.3 is 0 Å². The molecule has 3 rings (SSSR count). The molecule has 6 nitrogen and oxygen atoms in total. The third kappa shape index (κ3) is 4.11. The zero-order chi connectivity index (χ0) is 16.8. The van der Waals surface area contributed by atoms with Crippen LogP contribution in [0.4, 0.5) is 0 Å². The monoisotopic (exact) mass is 341 g/mol. The average molecular weight is 341 g/mol. The highest BCUT2D eigenvalue weighted by molar-refractivity contribution is 8.00. The number of thioether (sulfide) groups is 1. The molecule has 24 heavy (non-hydrogen) atoms. The first kappa shape index (κ1) is 16.4. The van der Waals surface area contributed by atoms with Gasteiger partial charge in [-0.3, -0.25) is 4.79 Å². The van der Waals surface area contributed by atoms with Crippen LogP contribution in [0.3, 0.4) is 0 Å². The Hall–Kier alpha value is -2.41. The van der Waals surface area contributed by atoms with Gasteiger partial charge in [-0.25, -0.2) is 15.0 Å². The number of nitrogens with one attached hydrogen (secondary N) is 2. The Labute approximate surface area is 144 Å². The molecular weight excluding hydrogens is 322 g/mol. The van der Waals surface area contributed by atoms with Crippen molar-refractivity contribution in [1.82, 2.24) is 25.3 Å². The molecule has 0 aliphatic heterocycles. The predicted molar refractivity (Wildman–Crippen MR) is 94.8 cm³/mol. The number of aryl methyl sites for hydroxylation is 1. The molecular formula is C17H19N5OS. The van der Waals surface area contributed by atoms with E-state index in [1.807, 2.05) is 25.1 Å². The number of aromatic nitrogens is 4. The molecule has 1 aromatic carbocycles. The Morgan fingerprint density at radius 1 is 1.25 bits per heavy atom. The van der Waals surface area contributed by atoms with E-state index in [0.29, 0.717) is 12.2 Å². The molecule has 124 valence electrons. The van der Waals surface area contributed by atoms with Crippen molar-refractivity contribution < 1.29 is 4.79 Å². The van der Waals surface area contributed by atoms with Gasteiger partial charge in [-0.05, 0) is 25.3 Å². The summed E-state index contributed by atoms with van der Waals surface area (Å²) in [6.45, 7) is 2.55. The highest BCUT2D eigenvalue weighted by atomic mass is 32.2. The third-order valence-corrected chi connectivity index (χ3v) is 4.73. The van der Waals surface area contributed by atoms with Crippen molar-refractivity contribution in [1.29, 1.82) is 0 Å². The van der Waals surface area contributed by atoms with E-state index >= 15 is 0 Å². The summed E-state index contributed by atoms with van der Waals surface area (Å²) in [7, 11) is 0. The topological polar surface area (TPSA) is 83.6 Å². The van der Waals surface area contributed by atoms with E-state index in [1.54, 1.807) is 6.33 Å². The Morgan fingerprint density at radius 2 is 2.08 bits per heavy atom. The minimum absolute atomic E-state index is 0.0133. The molecule has 0 unspecified atom stereocenters. The summed E-state index contributed by atoms with van der Waals surface area (Å²) in [6.07, 6.45) is 4.93. The predicted octanol–water partition coefficient (Wildman–Crippen LogP) is 2.58. The van der Waals surface area contributed by atoms with Gasteiger partial charge < -0.3 is 10.3 Å². The van der Waals surface area contributed by atoms with E-state index in [1.165, 1.54) is 23.7 Å². The number of carbonyl (C=O) groups is 1. The molecule has 3 aromatic rings. The summed E-state index contributed by atoms with van der Waals surface area (Å²) in [6, 6.07) is 10.3. The van der Waals surface area contributed by atoms with Crippen LogP contribution < -0.4 is 5.32 Å². The van der Waals surface area contributed by atoms with Crippen LogP contribution in [0.25, 0.3) is 11.2 Å². The lowest BCUT2D eigenvalue weighted by Gasteiger charge is -2.11. The van der Waals surface area contributed by atoms with Crippen molar-refractivity contribution in [2.75, 3.05) is 6.54 Å². The molecule has 0 aliphatic carbocycles. The SMILES string of the molecule is C[C@H](Sc1ncnc2nc[nH]c12)C(=O)NCCCc1ccccc1. The molecule has 0 aliphatic rings. The van der Waals surface area contributed by atoms with Crippen LogP contribution in [-0.2, 0) is 11.2 Å². The van der Waals surface area contributed by atoms with Crippen molar-refractivity contribution in [2.24, 2.45) is 0 Å². The van der Waals surface area contributed by atoms with Gasteiger partial charge in [0.2, 0.25) is 5.91 Å². The molecule has 0 saturated carbocycles. The van der Waals surface area contributed by atoms with Crippen LogP contribution in [0.5, 0.6) is 0 Å². The lowest BCUT2D eigenvalue weighted by Crippen LogP contribution is -2.31. The summed E-state index contributed by atoms with van der Waals surface area (Å²) in [5.41, 5.74) is 2.67. The van der Waals surface area contributed by atoms with E-state index < -0.39 is 0 Å². The van der Waals surface area contributed by atoms with Crippen molar-refractivity contribution in [2.45, 2.75) is 30.0 Å². The Morgan fingerprint density at radius 3 is 2.92 bits per heavy atom. The smallest absolute Gasteiger partial charge is 0.233 e. The van der Waals surface area contributed by atoms with Gasteiger partial charge in [-0.1, -0.05) is 42.1 Å². The number of hydrogen-bond donors (Lipinski definition) is 2. The molecule has 0 saturated heterocycles. The molecule has 2 heterocycles. The summed E-state index contributed by atoms with van der Waals surface area (Å²) in [4.78, 5) is 27.7. The van der Waals surface area contributed by atoms with Crippen molar-refractivity contribution in [3.8, 4) is 0 Å². The van der Waals surface area contributed by atoms with Gasteiger partial charge in [0.05, 0.1) is 11.6 Å². The van der Waals surface area contributed by atoms with Gasteiger partial charge in [0, 0.05) is 6.54 Å². The lowest BCUT2D eigenvalue weighted by atomic mass is 10.1. The number of carbonyl (C=O) groups excluding carboxylic acids is 1. The first-order chi connectivity index (χ1) is 11.7. The van der Waals surface area contributed by atoms with Crippen molar-refractivity contribution in [3.05, 3.63) is 48.5 Å². The molecule has 2 aromatic heterocycles. The van der Waals surface area contributed by atoms with E-state index in [4.69, 9.17) is 0 Å². The van der Waals surface area contributed by atoms with Gasteiger partial charge in [0.1, 0.15) is 16.9 Å². The van der Waals surface area contributed by atoms with E-state index in [0.717, 1.165) is 23.4 Å². The minimum Gasteiger partial charge on any atom is -0.355 e. The maximum atomic E-state index is 12.2. The second-order valence-electron chi connectivity index (χ2n) is 5.42. The molecule has 0 fully saturated rings. The number of benzene rings is 1. The molecule has 1 amide bonds. The van der Waals surface area contributed by atoms with E-state index in [2.05, 4.69) is 37.4 Å². The van der Waals surface area contributed by atoms with Crippen LogP contribution >= 0.6 is 11.8 Å². The van der Waals surface area contributed by atoms with Crippen LogP contribution in [0, 0.1) is 0 Å². The highest BCUT2D eigenvalue weighted by Gasteiger charge is 2.17. The zero-order valence-corrected chi connectivity index (χ0v) is 14.2. The van der Waals surface area contributed by atoms with Gasteiger partial charge in [-0.15, -0.1) is 0 Å². The van der Waals surface area contributed by atoms with Crippen molar-refractivity contribution in [3.63, 3.8) is 0 Å². The maximum Gasteiger partial charge on any atom is 0.233 e. The quantitative estimate of drug-likeness (QED) is 0.392. The number of rotatable bonds is 7. The zero-order valence-electron chi connectivity index (χ0n) is 13.4. The molecule has 7 heteroatoms. The standard InChI is InChI=1S/C17H19N5OS/c1-12(24-17-14-15(20-10-19-14)21-11-22-17)16(23)18-9-5-8-13-6-3-2-4-7-13/h2-4,6-7,10-12H,5,8-9H2,1H3,(H,18,23)(H,19,20,21,22)/t12-/m0/s1. The third-order valence-electron chi connectivity index (χ3n) is 3.63. The van der Waals surface area contributed by atoms with E-state index in [-0.39, 0.29) is 11.2 Å². The van der Waals surface area contributed by atoms with Crippen LogP contribution in [0.2, 0.25) is 0 Å². The molecule has 2 N–H and O–H groups in total. The summed E-state index contributed by atoms with van der Waals surface area (Å²) in [5, 5.41) is 3.49. The van der Waals surface area contributed by atoms with Gasteiger partial charge in [0.25, 0.3) is 0 Å². The summed E-state index contributed by atoms with van der Waals surface area (Å²) >= 11 is 1.41. The summed E-state index contributed by atoms with van der Waals surface area (Å²) in [5.74, 6) is 0.0133. The Bertz CT molecular complexity index is 805. The first-order valence-electron chi connectivity index (χ1n) is 7.86. The molecule has 0 radical (unpaired) electrons. The lowest BCUT2D eigenvalue weighted by molar-refractivity contribution is -0.120. The molecule has 0 spiro atoms. The minimum atomic E-state index is -0.233. The molecule has 0 bridgehead atoms. The second-order valence-corrected chi connectivity index (χ2v) is 6.75. The number of nitrogens with zero attached hydrogens (tertiary/aromatic N) is 3. The molecule has 1 atom stereocenters. The number of amides is 1. The normalized spacial score (nSPS) is 12.2. The fourth-order valence-electron chi connectivity index (χ4n) is 2.35. The number of fused-ring (bicyclic) bond motifs is 1. The van der Waals surface area contributed by atoms with E-state index in [9.17, 15) is 4.79 Å². The maximum absolute atomic E-state index is 12.2. The second kappa shape index (κ2) is 7.92. The fraction of sp³-hybridized carbons (Fsp3) is 0.294. The Balaban J connectivity index is 1.47. The average Bonchev–Trinajstić information content (AvgIpc) is 3.09. The van der Waals surface area contributed by atoms with Crippen LogP contribution in [0.15, 0.2) is 48.0 Å². The van der Waals surface area contributed by atoms with Crippen LogP contribution in [0.1, 0.15) is 18.9 Å². The largest absolute Gasteiger partial charge is 0.355 e. The van der Waals surface area contributed by atoms with Crippen molar-refractivity contribution >= 4 is 28.8 Å². The first-order valence-corrected chi connectivity index (χ1v) is 8.74. The van der Waals surface area contributed by atoms with Gasteiger partial charge in [0.15, 0.2) is 5.65 Å². The van der Waals surface area contributed by atoms with Gasteiger partial charge in [-0.2, -0.15) is 0 Å². The van der Waals surface area contributed by atoms with Crippen LogP contribution in [-0.4, -0.2) is 37.6 Å². The number of H-pyrrole nitrogens is 1.